The third-order valence-electron chi connectivity index (χ3n) is 5.06. The molecule has 1 fully saturated rings. The molecule has 0 bridgehead atoms. The molecule has 0 saturated heterocycles. The average Bonchev–Trinajstić information content (AvgIpc) is 3.35. The number of pyridine rings is 1. The molecule has 0 radical (unpaired) electrons. The van der Waals surface area contributed by atoms with Gasteiger partial charge in [-0.15, -0.1) is 11.3 Å². The first kappa shape index (κ1) is 17.5. The van der Waals surface area contributed by atoms with Crippen molar-refractivity contribution in [3.63, 3.8) is 0 Å². The molecule has 0 aliphatic heterocycles. The van der Waals surface area contributed by atoms with Crippen LogP contribution in [0.15, 0.2) is 35.7 Å². The maximum Gasteiger partial charge on any atom is 0.226 e. The molecular weight excluding hydrogens is 364 g/mol. The van der Waals surface area contributed by atoms with Gasteiger partial charge < -0.3 is 4.90 Å². The molecule has 0 atom stereocenters. The zero-order valence-corrected chi connectivity index (χ0v) is 16.5. The number of aryl methyl sites for hydroxylation is 2. The summed E-state index contributed by atoms with van der Waals surface area (Å²) in [5, 5.41) is 3.61. The Hall–Kier alpha value is -1.91. The number of halogens is 1. The van der Waals surface area contributed by atoms with Gasteiger partial charge in [-0.1, -0.05) is 29.8 Å². The lowest BCUT2D eigenvalue weighted by Gasteiger charge is -2.23. The molecule has 1 saturated carbocycles. The van der Waals surface area contributed by atoms with Crippen LogP contribution in [0, 0.1) is 19.8 Å². The molecule has 4 rings (SSSR count). The molecule has 134 valence electrons. The highest BCUT2D eigenvalue weighted by Gasteiger charge is 2.33. The Kier molecular flexibility index (Phi) is 4.72. The van der Waals surface area contributed by atoms with Crippen LogP contribution in [0.25, 0.3) is 10.9 Å². The Morgan fingerprint density at radius 2 is 2.08 bits per heavy atom. The number of benzene rings is 1. The van der Waals surface area contributed by atoms with Crippen molar-refractivity contribution in [1.82, 2.24) is 9.88 Å². The van der Waals surface area contributed by atoms with Crippen molar-refractivity contribution in [2.75, 3.05) is 0 Å². The summed E-state index contributed by atoms with van der Waals surface area (Å²) < 4.78 is 0. The van der Waals surface area contributed by atoms with Gasteiger partial charge in [0.1, 0.15) is 5.15 Å². The minimum absolute atomic E-state index is 0.187. The average molecular weight is 385 g/mol. The van der Waals surface area contributed by atoms with E-state index in [1.165, 1.54) is 10.4 Å². The Bertz CT molecular complexity index is 964. The van der Waals surface area contributed by atoms with E-state index in [1.807, 2.05) is 16.3 Å². The van der Waals surface area contributed by atoms with Crippen LogP contribution in [-0.2, 0) is 17.9 Å². The summed E-state index contributed by atoms with van der Waals surface area (Å²) >= 11 is 8.19. The molecule has 3 aromatic rings. The molecule has 3 nitrogen and oxygen atoms in total. The van der Waals surface area contributed by atoms with Crippen LogP contribution >= 0.6 is 22.9 Å². The summed E-state index contributed by atoms with van der Waals surface area (Å²) in [4.78, 5) is 20.5. The molecule has 2 aromatic heterocycles. The first-order chi connectivity index (χ1) is 12.5. The monoisotopic (exact) mass is 384 g/mol. The number of aromatic nitrogens is 1. The Morgan fingerprint density at radius 3 is 2.77 bits per heavy atom. The van der Waals surface area contributed by atoms with E-state index in [-0.39, 0.29) is 11.8 Å². The lowest BCUT2D eigenvalue weighted by molar-refractivity contribution is -0.133. The summed E-state index contributed by atoms with van der Waals surface area (Å²) in [6.45, 7) is 5.28. The van der Waals surface area contributed by atoms with E-state index in [0.29, 0.717) is 18.2 Å². The Labute approximate surface area is 162 Å². The fourth-order valence-corrected chi connectivity index (χ4v) is 4.13. The lowest BCUT2D eigenvalue weighted by atomic mass is 10.0. The van der Waals surface area contributed by atoms with E-state index in [4.69, 9.17) is 11.6 Å². The number of thiophene rings is 1. The first-order valence-corrected chi connectivity index (χ1v) is 10.1. The fourth-order valence-electron chi connectivity index (χ4n) is 3.21. The quantitative estimate of drug-likeness (QED) is 0.544. The van der Waals surface area contributed by atoms with Crippen LogP contribution in [0.2, 0.25) is 5.15 Å². The second kappa shape index (κ2) is 7.01. The molecule has 0 unspecified atom stereocenters. The molecular formula is C21H21ClN2OS. The van der Waals surface area contributed by atoms with Crippen molar-refractivity contribution in [1.29, 1.82) is 0 Å². The van der Waals surface area contributed by atoms with E-state index in [2.05, 4.69) is 43.1 Å². The number of carbonyl (C=O) groups is 1. The number of amides is 1. The van der Waals surface area contributed by atoms with Gasteiger partial charge >= 0.3 is 0 Å². The molecule has 1 aliphatic carbocycles. The number of nitrogens with zero attached hydrogens (tertiary/aromatic N) is 2. The van der Waals surface area contributed by atoms with Crippen LogP contribution in [-0.4, -0.2) is 15.8 Å². The topological polar surface area (TPSA) is 33.2 Å². The minimum Gasteiger partial charge on any atom is -0.333 e. The SMILES string of the molecule is Cc1ccc2cc(CN(Cc3cccs3)C(=O)C3CC3)c(Cl)nc2c1C. The first-order valence-electron chi connectivity index (χ1n) is 8.89. The molecule has 1 amide bonds. The standard InChI is InChI=1S/C21H21ClN2OS/c1-13-5-6-16-10-17(20(22)23-19(16)14(13)2)11-24(21(25)15-7-8-15)12-18-4-3-9-26-18/h3-6,9-10,15H,7-8,11-12H2,1-2H3. The maximum atomic E-state index is 12.8. The third kappa shape index (κ3) is 3.49. The van der Waals surface area contributed by atoms with Gasteiger partial charge in [-0.05, 0) is 55.3 Å². The van der Waals surface area contributed by atoms with Crippen LogP contribution in [0.4, 0.5) is 0 Å². The highest BCUT2D eigenvalue weighted by molar-refractivity contribution is 7.09. The van der Waals surface area contributed by atoms with Crippen molar-refractivity contribution in [2.24, 2.45) is 5.92 Å². The van der Waals surface area contributed by atoms with Crippen LogP contribution in [0.5, 0.6) is 0 Å². The van der Waals surface area contributed by atoms with Crippen LogP contribution in [0.3, 0.4) is 0 Å². The number of fused-ring (bicyclic) bond motifs is 1. The van der Waals surface area contributed by atoms with Crippen molar-refractivity contribution < 1.29 is 4.79 Å². The zero-order valence-electron chi connectivity index (χ0n) is 15.0. The molecule has 5 heteroatoms. The summed E-state index contributed by atoms with van der Waals surface area (Å²) in [5.74, 6) is 0.418. The lowest BCUT2D eigenvalue weighted by Crippen LogP contribution is -2.31. The van der Waals surface area contributed by atoms with Gasteiger partial charge in [0.15, 0.2) is 0 Å². The Balaban J connectivity index is 1.67. The Morgan fingerprint density at radius 1 is 1.27 bits per heavy atom. The molecule has 0 N–H and O–H groups in total. The van der Waals surface area contributed by atoms with Crippen LogP contribution in [0.1, 0.15) is 34.4 Å². The highest BCUT2D eigenvalue weighted by Crippen LogP contribution is 2.33. The predicted molar refractivity (Wildman–Crippen MR) is 108 cm³/mol. The van der Waals surface area contributed by atoms with Crippen molar-refractivity contribution in [2.45, 2.75) is 39.8 Å². The summed E-state index contributed by atoms with van der Waals surface area (Å²) in [7, 11) is 0. The van der Waals surface area contributed by atoms with Crippen LogP contribution < -0.4 is 0 Å². The molecule has 1 aromatic carbocycles. The summed E-state index contributed by atoms with van der Waals surface area (Å²) in [6, 6.07) is 10.4. The summed E-state index contributed by atoms with van der Waals surface area (Å²) in [6.07, 6.45) is 2.00. The van der Waals surface area contributed by atoms with E-state index in [0.717, 1.165) is 34.9 Å². The zero-order chi connectivity index (χ0) is 18.3. The van der Waals surface area contributed by atoms with Gasteiger partial charge in [0.05, 0.1) is 12.1 Å². The van der Waals surface area contributed by atoms with Gasteiger partial charge in [-0.3, -0.25) is 4.79 Å². The fraction of sp³-hybridized carbons (Fsp3) is 0.333. The molecule has 26 heavy (non-hydrogen) atoms. The number of hydrogen-bond acceptors (Lipinski definition) is 3. The van der Waals surface area contributed by atoms with Gasteiger partial charge in [-0.25, -0.2) is 4.98 Å². The van der Waals surface area contributed by atoms with Crippen molar-refractivity contribution in [3.05, 3.63) is 62.4 Å². The summed E-state index contributed by atoms with van der Waals surface area (Å²) in [5.41, 5.74) is 4.21. The predicted octanol–water partition coefficient (Wildman–Crippen LogP) is 5.51. The number of rotatable bonds is 5. The third-order valence-corrected chi connectivity index (χ3v) is 6.25. The van der Waals surface area contributed by atoms with Crippen molar-refractivity contribution in [3.8, 4) is 0 Å². The highest BCUT2D eigenvalue weighted by atomic mass is 35.5. The van der Waals surface area contributed by atoms with Gasteiger partial charge in [-0.2, -0.15) is 0 Å². The van der Waals surface area contributed by atoms with E-state index >= 15 is 0 Å². The second-order valence-corrected chi connectivity index (χ2v) is 8.46. The van der Waals surface area contributed by atoms with E-state index in [1.54, 1.807) is 11.3 Å². The van der Waals surface area contributed by atoms with E-state index < -0.39 is 0 Å². The largest absolute Gasteiger partial charge is 0.333 e. The number of carbonyl (C=O) groups excluding carboxylic acids is 1. The van der Waals surface area contributed by atoms with E-state index in [9.17, 15) is 4.79 Å². The molecule has 1 aliphatic rings. The van der Waals surface area contributed by atoms with Gasteiger partial charge in [0, 0.05) is 28.3 Å². The van der Waals surface area contributed by atoms with Gasteiger partial charge in [0.2, 0.25) is 5.91 Å². The smallest absolute Gasteiger partial charge is 0.226 e. The molecule has 0 spiro atoms. The van der Waals surface area contributed by atoms with Gasteiger partial charge in [0.25, 0.3) is 0 Å². The number of hydrogen-bond donors (Lipinski definition) is 0. The van der Waals surface area contributed by atoms with Crippen molar-refractivity contribution >= 4 is 39.7 Å². The maximum absolute atomic E-state index is 12.8. The second-order valence-electron chi connectivity index (χ2n) is 7.07. The molecule has 2 heterocycles. The minimum atomic E-state index is 0.187. The normalized spacial score (nSPS) is 14.0.